The molecule has 2 aliphatic heterocycles. The molecule has 0 saturated carbocycles. The number of nitrogens with one attached hydrogen (secondary N) is 1. The summed E-state index contributed by atoms with van der Waals surface area (Å²) in [7, 11) is 0. The lowest BCUT2D eigenvalue weighted by Gasteiger charge is -2.32. The molecule has 0 aliphatic carbocycles. The maximum Gasteiger partial charge on any atom is 0.317 e. The molecule has 2 amide bonds. The molecule has 2 atom stereocenters. The summed E-state index contributed by atoms with van der Waals surface area (Å²) in [6.07, 6.45) is 5.58. The van der Waals surface area contributed by atoms with E-state index in [1.807, 2.05) is 11.8 Å². The molecule has 19 heavy (non-hydrogen) atoms. The van der Waals surface area contributed by atoms with E-state index >= 15 is 0 Å². The van der Waals surface area contributed by atoms with Crippen molar-refractivity contribution in [3.05, 3.63) is 0 Å². The zero-order valence-corrected chi connectivity index (χ0v) is 12.0. The lowest BCUT2D eigenvalue weighted by molar-refractivity contribution is 0.107. The van der Waals surface area contributed by atoms with Crippen molar-refractivity contribution >= 4 is 6.03 Å². The van der Waals surface area contributed by atoms with Crippen LogP contribution in [0.4, 0.5) is 4.79 Å². The van der Waals surface area contributed by atoms with Crippen LogP contribution in [0, 0.1) is 0 Å². The molecule has 0 bridgehead atoms. The highest BCUT2D eigenvalue weighted by atomic mass is 16.3. The van der Waals surface area contributed by atoms with Gasteiger partial charge >= 0.3 is 6.03 Å². The zero-order chi connectivity index (χ0) is 13.7. The Morgan fingerprint density at radius 1 is 1.32 bits per heavy atom. The number of amides is 2. The van der Waals surface area contributed by atoms with Gasteiger partial charge in [-0.1, -0.05) is 12.8 Å². The van der Waals surface area contributed by atoms with Crippen LogP contribution in [0.1, 0.15) is 39.0 Å². The van der Waals surface area contributed by atoms with Crippen molar-refractivity contribution < 1.29 is 9.90 Å². The lowest BCUT2D eigenvalue weighted by atomic mass is 10.0. The molecule has 0 aromatic rings. The molecular weight excluding hydrogens is 242 g/mol. The quantitative estimate of drug-likeness (QED) is 0.784. The van der Waals surface area contributed by atoms with E-state index in [1.54, 1.807) is 0 Å². The van der Waals surface area contributed by atoms with E-state index in [0.29, 0.717) is 6.04 Å². The van der Waals surface area contributed by atoms with Crippen molar-refractivity contribution in [3.8, 4) is 0 Å². The molecule has 0 radical (unpaired) electrons. The van der Waals surface area contributed by atoms with Crippen LogP contribution in [0.5, 0.6) is 0 Å². The molecule has 5 heteroatoms. The summed E-state index contributed by atoms with van der Waals surface area (Å²) in [5.41, 5.74) is 0. The van der Waals surface area contributed by atoms with Crippen molar-refractivity contribution in [3.63, 3.8) is 0 Å². The lowest BCUT2D eigenvalue weighted by Crippen LogP contribution is -2.42. The average molecular weight is 269 g/mol. The molecule has 0 aromatic carbocycles. The molecule has 2 aliphatic rings. The fourth-order valence-electron chi connectivity index (χ4n) is 3.17. The largest absolute Gasteiger partial charge is 0.393 e. The summed E-state index contributed by atoms with van der Waals surface area (Å²) >= 11 is 0. The standard InChI is InChI=1S/C14H27N3O2/c1-12(18)11-13-5-3-2-4-7-16(13)9-10-17-8-6-15-14(17)19/h12-13,18H,2-11H2,1H3,(H,15,19). The SMILES string of the molecule is CC(O)CC1CCCCCN1CCN1CCNC1=O. The minimum Gasteiger partial charge on any atom is -0.393 e. The molecular formula is C14H27N3O2. The number of aliphatic hydroxyl groups excluding tert-OH is 1. The molecule has 2 unspecified atom stereocenters. The van der Waals surface area contributed by atoms with Crippen molar-refractivity contribution in [2.24, 2.45) is 0 Å². The Hall–Kier alpha value is -0.810. The van der Waals surface area contributed by atoms with Crippen molar-refractivity contribution in [1.82, 2.24) is 15.1 Å². The monoisotopic (exact) mass is 269 g/mol. The number of rotatable bonds is 5. The van der Waals surface area contributed by atoms with Gasteiger partial charge in [-0.3, -0.25) is 4.90 Å². The molecule has 2 saturated heterocycles. The van der Waals surface area contributed by atoms with E-state index in [1.165, 1.54) is 25.7 Å². The molecule has 2 fully saturated rings. The fraction of sp³-hybridized carbons (Fsp3) is 0.929. The first-order chi connectivity index (χ1) is 9.16. The number of carbonyl (C=O) groups is 1. The van der Waals surface area contributed by atoms with Crippen LogP contribution in [-0.2, 0) is 0 Å². The third-order valence-electron chi connectivity index (χ3n) is 4.21. The van der Waals surface area contributed by atoms with Crippen LogP contribution in [0.15, 0.2) is 0 Å². The number of urea groups is 1. The Labute approximate surface area is 115 Å². The van der Waals surface area contributed by atoms with Crippen molar-refractivity contribution in [2.75, 3.05) is 32.7 Å². The van der Waals surface area contributed by atoms with Crippen LogP contribution in [-0.4, -0.2) is 65.8 Å². The smallest absolute Gasteiger partial charge is 0.317 e. The van der Waals surface area contributed by atoms with Gasteiger partial charge in [0, 0.05) is 32.2 Å². The van der Waals surface area contributed by atoms with Gasteiger partial charge in [-0.2, -0.15) is 0 Å². The minimum atomic E-state index is -0.235. The second kappa shape index (κ2) is 7.10. The maximum absolute atomic E-state index is 11.5. The number of carbonyl (C=O) groups excluding carboxylic acids is 1. The Bertz CT molecular complexity index is 296. The van der Waals surface area contributed by atoms with E-state index in [4.69, 9.17) is 0 Å². The molecule has 5 nitrogen and oxygen atoms in total. The second-order valence-corrected chi connectivity index (χ2v) is 5.84. The normalized spacial score (nSPS) is 27.2. The van der Waals surface area contributed by atoms with E-state index in [0.717, 1.165) is 39.1 Å². The zero-order valence-electron chi connectivity index (χ0n) is 12.0. The summed E-state index contributed by atoms with van der Waals surface area (Å²) in [4.78, 5) is 15.9. The van der Waals surface area contributed by atoms with Crippen LogP contribution >= 0.6 is 0 Å². The predicted octanol–water partition coefficient (Wildman–Crippen LogP) is 1.03. The van der Waals surface area contributed by atoms with Gasteiger partial charge in [-0.25, -0.2) is 4.79 Å². The first-order valence-corrected chi connectivity index (χ1v) is 7.61. The van der Waals surface area contributed by atoms with Gasteiger partial charge in [-0.05, 0) is 32.7 Å². The maximum atomic E-state index is 11.5. The molecule has 110 valence electrons. The van der Waals surface area contributed by atoms with Crippen LogP contribution in [0.3, 0.4) is 0 Å². The van der Waals surface area contributed by atoms with Crippen LogP contribution in [0.2, 0.25) is 0 Å². The van der Waals surface area contributed by atoms with Crippen LogP contribution < -0.4 is 5.32 Å². The second-order valence-electron chi connectivity index (χ2n) is 5.84. The Morgan fingerprint density at radius 2 is 2.16 bits per heavy atom. The number of likely N-dealkylation sites (tertiary alicyclic amines) is 1. The summed E-state index contributed by atoms with van der Waals surface area (Å²) in [5.74, 6) is 0. The summed E-state index contributed by atoms with van der Waals surface area (Å²) in [6, 6.07) is 0.551. The highest BCUT2D eigenvalue weighted by Crippen LogP contribution is 2.20. The molecule has 0 aromatic heterocycles. The van der Waals surface area contributed by atoms with Gasteiger partial charge in [0.1, 0.15) is 0 Å². The van der Waals surface area contributed by atoms with E-state index < -0.39 is 0 Å². The van der Waals surface area contributed by atoms with Crippen LogP contribution in [0.25, 0.3) is 0 Å². The number of nitrogens with zero attached hydrogens (tertiary/aromatic N) is 2. The molecule has 2 N–H and O–H groups in total. The Balaban J connectivity index is 1.84. The van der Waals surface area contributed by atoms with Gasteiger partial charge < -0.3 is 15.3 Å². The number of hydrogen-bond acceptors (Lipinski definition) is 3. The first kappa shape index (κ1) is 14.6. The Morgan fingerprint density at radius 3 is 2.84 bits per heavy atom. The van der Waals surface area contributed by atoms with Gasteiger partial charge in [-0.15, -0.1) is 0 Å². The molecule has 2 heterocycles. The highest BCUT2D eigenvalue weighted by Gasteiger charge is 2.25. The molecule has 0 spiro atoms. The van der Waals surface area contributed by atoms with Gasteiger partial charge in [0.05, 0.1) is 6.10 Å². The summed E-state index contributed by atoms with van der Waals surface area (Å²) < 4.78 is 0. The minimum absolute atomic E-state index is 0.0712. The van der Waals surface area contributed by atoms with E-state index in [9.17, 15) is 9.90 Å². The topological polar surface area (TPSA) is 55.8 Å². The van der Waals surface area contributed by atoms with E-state index in [2.05, 4.69) is 10.2 Å². The van der Waals surface area contributed by atoms with Crippen molar-refractivity contribution in [2.45, 2.75) is 51.2 Å². The predicted molar refractivity (Wildman–Crippen MR) is 75.1 cm³/mol. The number of hydrogen-bond donors (Lipinski definition) is 2. The van der Waals surface area contributed by atoms with Gasteiger partial charge in [0.2, 0.25) is 0 Å². The third-order valence-corrected chi connectivity index (χ3v) is 4.21. The van der Waals surface area contributed by atoms with Crippen molar-refractivity contribution in [1.29, 1.82) is 0 Å². The third kappa shape index (κ3) is 4.35. The van der Waals surface area contributed by atoms with Gasteiger partial charge in [0.15, 0.2) is 0 Å². The number of aliphatic hydroxyl groups is 1. The highest BCUT2D eigenvalue weighted by molar-refractivity contribution is 5.76. The fourth-order valence-corrected chi connectivity index (χ4v) is 3.17. The van der Waals surface area contributed by atoms with Gasteiger partial charge in [0.25, 0.3) is 0 Å². The Kier molecular flexibility index (Phi) is 5.45. The summed E-state index contributed by atoms with van der Waals surface area (Å²) in [5, 5.41) is 12.5. The molecule has 2 rings (SSSR count). The average Bonchev–Trinajstić information content (AvgIpc) is 2.64. The van der Waals surface area contributed by atoms with E-state index in [-0.39, 0.29) is 12.1 Å². The first-order valence-electron chi connectivity index (χ1n) is 7.61. The summed E-state index contributed by atoms with van der Waals surface area (Å²) in [6.45, 7) is 6.32.